The molecule has 0 aliphatic carbocycles. The van der Waals surface area contributed by atoms with Crippen molar-refractivity contribution in [3.63, 3.8) is 0 Å². The summed E-state index contributed by atoms with van der Waals surface area (Å²) in [5.74, 6) is 3.73. The van der Waals surface area contributed by atoms with E-state index in [4.69, 9.17) is 9.47 Å². The predicted molar refractivity (Wildman–Crippen MR) is 117 cm³/mol. The van der Waals surface area contributed by atoms with Gasteiger partial charge in [-0.3, -0.25) is 0 Å². The minimum atomic E-state index is 0.143. The van der Waals surface area contributed by atoms with Gasteiger partial charge in [-0.2, -0.15) is 0 Å². The van der Waals surface area contributed by atoms with Crippen molar-refractivity contribution in [3.8, 4) is 28.7 Å². The molecule has 29 heavy (non-hydrogen) atoms. The van der Waals surface area contributed by atoms with E-state index in [1.54, 1.807) is 0 Å². The van der Waals surface area contributed by atoms with Gasteiger partial charge in [-0.25, -0.2) is 0 Å². The van der Waals surface area contributed by atoms with Gasteiger partial charge in [-0.05, 0) is 65.9 Å². The molecule has 3 aliphatic rings. The molecule has 134 valence electrons. The molecule has 0 unspecified atom stereocenters. The zero-order chi connectivity index (χ0) is 18.9. The first-order chi connectivity index (χ1) is 14.3. The maximum atomic E-state index is 6.42. The van der Waals surface area contributed by atoms with Gasteiger partial charge >= 0.3 is 0 Å². The molecule has 0 fully saturated rings. The first kappa shape index (κ1) is 14.4. The quantitative estimate of drug-likeness (QED) is 0.374. The van der Waals surface area contributed by atoms with Crippen LogP contribution in [0.1, 0.15) is 5.56 Å². The standard InChI is InChI=1S/C25H14BNO2/c1-13-11-17-22-21(12-13)29-19-8-4-7-18-23(19)26(22)24-20(28-18)10-9-15-14-5-2-3-6-16(14)27(17)25(15)24/h2-12H,1H3. The van der Waals surface area contributed by atoms with E-state index in [9.17, 15) is 0 Å². The van der Waals surface area contributed by atoms with Crippen LogP contribution in [0.5, 0.6) is 23.0 Å². The van der Waals surface area contributed by atoms with Gasteiger partial charge in [0, 0.05) is 21.9 Å². The van der Waals surface area contributed by atoms with Crippen LogP contribution >= 0.6 is 0 Å². The zero-order valence-corrected chi connectivity index (χ0v) is 15.7. The summed E-state index contributed by atoms with van der Waals surface area (Å²) >= 11 is 0. The monoisotopic (exact) mass is 371 g/mol. The second kappa shape index (κ2) is 4.49. The van der Waals surface area contributed by atoms with Gasteiger partial charge in [-0.1, -0.05) is 24.3 Å². The number of ether oxygens (including phenoxy) is 2. The lowest BCUT2D eigenvalue weighted by Crippen LogP contribution is -2.60. The third kappa shape index (κ3) is 1.49. The van der Waals surface area contributed by atoms with Crippen molar-refractivity contribution in [2.45, 2.75) is 6.92 Å². The smallest absolute Gasteiger partial charge is 0.266 e. The molecule has 4 heteroatoms. The molecule has 0 N–H and O–H groups in total. The van der Waals surface area contributed by atoms with Gasteiger partial charge in [0.1, 0.15) is 23.0 Å². The van der Waals surface area contributed by atoms with Crippen molar-refractivity contribution >= 4 is 44.9 Å². The molecule has 0 saturated carbocycles. The summed E-state index contributed by atoms with van der Waals surface area (Å²) in [5, 5.41) is 2.56. The zero-order valence-electron chi connectivity index (χ0n) is 15.7. The van der Waals surface area contributed by atoms with Crippen molar-refractivity contribution in [1.82, 2.24) is 4.57 Å². The summed E-state index contributed by atoms with van der Waals surface area (Å²) in [7, 11) is 0. The van der Waals surface area contributed by atoms with Crippen LogP contribution in [-0.2, 0) is 0 Å². The Morgan fingerprint density at radius 1 is 0.690 bits per heavy atom. The number of aryl methyl sites for hydroxylation is 1. The number of hydrogen-bond donors (Lipinski definition) is 0. The number of fused-ring (bicyclic) bond motifs is 4. The van der Waals surface area contributed by atoms with E-state index in [0.717, 1.165) is 28.5 Å². The normalized spacial score (nSPS) is 14.2. The second-order valence-corrected chi connectivity index (χ2v) is 8.23. The molecule has 0 atom stereocenters. The lowest BCUT2D eigenvalue weighted by Gasteiger charge is -2.37. The highest BCUT2D eigenvalue weighted by molar-refractivity contribution is 7.00. The molecule has 0 spiro atoms. The number of rotatable bonds is 0. The molecule has 8 rings (SSSR count). The average molecular weight is 371 g/mol. The molecule has 0 radical (unpaired) electrons. The molecule has 4 aromatic carbocycles. The Morgan fingerprint density at radius 3 is 2.38 bits per heavy atom. The van der Waals surface area contributed by atoms with Gasteiger partial charge in [0.15, 0.2) is 0 Å². The van der Waals surface area contributed by atoms with Crippen LogP contribution in [0.2, 0.25) is 0 Å². The minimum Gasteiger partial charge on any atom is -0.458 e. The molecule has 1 aromatic heterocycles. The molecule has 4 heterocycles. The summed E-state index contributed by atoms with van der Waals surface area (Å²) in [6.45, 7) is 2.29. The molecular weight excluding hydrogens is 357 g/mol. The topological polar surface area (TPSA) is 23.4 Å². The highest BCUT2D eigenvalue weighted by Gasteiger charge is 2.46. The number of nitrogens with zero attached hydrogens (tertiary/aromatic N) is 1. The van der Waals surface area contributed by atoms with Crippen molar-refractivity contribution < 1.29 is 9.47 Å². The number of benzene rings is 4. The van der Waals surface area contributed by atoms with Crippen molar-refractivity contribution in [1.29, 1.82) is 0 Å². The van der Waals surface area contributed by atoms with E-state index in [1.807, 2.05) is 6.07 Å². The lowest BCUT2D eigenvalue weighted by atomic mass is 9.33. The Labute approximate surface area is 167 Å². The third-order valence-corrected chi connectivity index (χ3v) is 6.67. The molecule has 0 saturated heterocycles. The van der Waals surface area contributed by atoms with Crippen molar-refractivity contribution in [3.05, 3.63) is 72.3 Å². The maximum absolute atomic E-state index is 6.42. The fourth-order valence-electron chi connectivity index (χ4n) is 5.64. The van der Waals surface area contributed by atoms with E-state index >= 15 is 0 Å². The summed E-state index contributed by atoms with van der Waals surface area (Å²) < 4.78 is 15.2. The summed E-state index contributed by atoms with van der Waals surface area (Å²) in [6, 6.07) is 23.6. The molecule has 3 nitrogen and oxygen atoms in total. The maximum Gasteiger partial charge on any atom is 0.266 e. The molecule has 3 aliphatic heterocycles. The fraction of sp³-hybridized carbons (Fsp3) is 0.0400. The first-order valence-corrected chi connectivity index (χ1v) is 9.99. The molecular formula is C25H14BNO2. The van der Waals surface area contributed by atoms with Crippen LogP contribution in [0.4, 0.5) is 0 Å². The van der Waals surface area contributed by atoms with Crippen LogP contribution in [0.3, 0.4) is 0 Å². The van der Waals surface area contributed by atoms with Crippen LogP contribution < -0.4 is 25.9 Å². The van der Waals surface area contributed by atoms with Gasteiger partial charge < -0.3 is 14.0 Å². The predicted octanol–water partition coefficient (Wildman–Crippen LogP) is 4.13. The van der Waals surface area contributed by atoms with Gasteiger partial charge in [0.25, 0.3) is 6.71 Å². The number of para-hydroxylation sites is 1. The van der Waals surface area contributed by atoms with E-state index in [2.05, 4.69) is 72.2 Å². The summed E-state index contributed by atoms with van der Waals surface area (Å²) in [4.78, 5) is 0. The average Bonchev–Trinajstić information content (AvgIpc) is 3.07. The fourth-order valence-corrected chi connectivity index (χ4v) is 5.64. The first-order valence-electron chi connectivity index (χ1n) is 9.99. The summed E-state index contributed by atoms with van der Waals surface area (Å²) in [6.07, 6.45) is 0. The van der Waals surface area contributed by atoms with Crippen molar-refractivity contribution in [2.75, 3.05) is 0 Å². The number of hydrogen-bond acceptors (Lipinski definition) is 2. The van der Waals surface area contributed by atoms with Crippen LogP contribution in [-0.4, -0.2) is 11.3 Å². The third-order valence-electron chi connectivity index (χ3n) is 6.67. The van der Waals surface area contributed by atoms with Gasteiger partial charge in [0.05, 0.1) is 11.0 Å². The van der Waals surface area contributed by atoms with E-state index in [-0.39, 0.29) is 6.71 Å². The molecule has 0 amide bonds. The van der Waals surface area contributed by atoms with Gasteiger partial charge in [-0.15, -0.1) is 0 Å². The van der Waals surface area contributed by atoms with Crippen LogP contribution in [0.25, 0.3) is 27.5 Å². The van der Waals surface area contributed by atoms with E-state index < -0.39 is 0 Å². The highest BCUT2D eigenvalue weighted by Crippen LogP contribution is 2.42. The Morgan fingerprint density at radius 2 is 1.48 bits per heavy atom. The Kier molecular flexibility index (Phi) is 2.22. The number of aromatic nitrogens is 1. The largest absolute Gasteiger partial charge is 0.458 e. The molecule has 0 bridgehead atoms. The van der Waals surface area contributed by atoms with Crippen molar-refractivity contribution in [2.24, 2.45) is 0 Å². The van der Waals surface area contributed by atoms with E-state index in [0.29, 0.717) is 0 Å². The van der Waals surface area contributed by atoms with Gasteiger partial charge in [0.2, 0.25) is 0 Å². The Bertz CT molecular complexity index is 1580. The van der Waals surface area contributed by atoms with Crippen LogP contribution in [0.15, 0.2) is 66.7 Å². The van der Waals surface area contributed by atoms with E-state index in [1.165, 1.54) is 44.0 Å². The minimum absolute atomic E-state index is 0.143. The van der Waals surface area contributed by atoms with Crippen LogP contribution in [0, 0.1) is 6.92 Å². The SMILES string of the molecule is Cc1cc2c3c(c1)-n1c4ccccc4c4ccc5c(c41)B3c1c(cccc1O5)O2. The molecule has 5 aromatic rings. The highest BCUT2D eigenvalue weighted by atomic mass is 16.5. The Balaban J connectivity index is 1.70. The second-order valence-electron chi connectivity index (χ2n) is 8.23. The Hall–Kier alpha value is -3.66. The summed E-state index contributed by atoms with van der Waals surface area (Å²) in [5.41, 5.74) is 8.59. The lowest BCUT2D eigenvalue weighted by molar-refractivity contribution is 0.464.